The van der Waals surface area contributed by atoms with Crippen molar-refractivity contribution in [1.29, 1.82) is 0 Å². The Hall–Kier alpha value is -4.55. The Morgan fingerprint density at radius 1 is 0.977 bits per heavy atom. The number of rotatable bonds is 13. The van der Waals surface area contributed by atoms with E-state index in [-0.39, 0.29) is 18.4 Å². The van der Waals surface area contributed by atoms with E-state index in [9.17, 15) is 14.7 Å². The smallest absolute Gasteiger partial charge is 0.253 e. The van der Waals surface area contributed by atoms with Crippen LogP contribution in [-0.4, -0.2) is 90.8 Å². The first kappa shape index (κ1) is 32.4. The van der Waals surface area contributed by atoms with Gasteiger partial charge in [0.1, 0.15) is 10.8 Å². The predicted molar refractivity (Wildman–Crippen MR) is 173 cm³/mol. The Morgan fingerprint density at radius 3 is 2.36 bits per heavy atom. The first-order chi connectivity index (χ1) is 21.0. The van der Waals surface area contributed by atoms with Gasteiger partial charge in [-0.05, 0) is 37.1 Å². The molecule has 0 saturated heterocycles. The Kier molecular flexibility index (Phi) is 10.9. The summed E-state index contributed by atoms with van der Waals surface area (Å²) in [5.41, 5.74) is 2.59. The molecule has 12 heteroatoms. The summed E-state index contributed by atoms with van der Waals surface area (Å²) in [6, 6.07) is 17.3. The molecule has 2 aromatic carbocycles. The fraction of sp³-hybridized carbons (Fsp3) is 0.344. The minimum absolute atomic E-state index is 0.171. The topological polar surface area (TPSA) is 124 Å². The second kappa shape index (κ2) is 14.8. The molecule has 2 N–H and O–H groups in total. The van der Waals surface area contributed by atoms with Gasteiger partial charge in [-0.25, -0.2) is 4.98 Å². The Bertz CT molecular complexity index is 1560. The van der Waals surface area contributed by atoms with E-state index in [0.29, 0.717) is 41.7 Å². The molecule has 0 saturated carbocycles. The SMILES string of the molecule is COc1cc(N(C)C[C@@H](O)[C@H](Cc2ccccc2)NC(=O)c2cccc(C(=O)N(C)Cc3nc(C)cs3)c2)nc(N(C)C)n1. The number of aliphatic hydroxyl groups excluding tert-OH is 1. The minimum atomic E-state index is -0.967. The van der Waals surface area contributed by atoms with Crippen LogP contribution in [0.15, 0.2) is 66.0 Å². The van der Waals surface area contributed by atoms with Crippen LogP contribution in [0.4, 0.5) is 11.8 Å². The number of anilines is 2. The molecule has 11 nitrogen and oxygen atoms in total. The largest absolute Gasteiger partial charge is 0.481 e. The number of carbonyl (C=O) groups excluding carboxylic acids is 2. The summed E-state index contributed by atoms with van der Waals surface area (Å²) < 4.78 is 5.35. The molecule has 44 heavy (non-hydrogen) atoms. The molecular formula is C32H39N7O4S. The molecule has 0 radical (unpaired) electrons. The fourth-order valence-electron chi connectivity index (χ4n) is 4.57. The number of nitrogens with one attached hydrogen (secondary N) is 1. The average Bonchev–Trinajstić information content (AvgIpc) is 3.44. The highest BCUT2D eigenvalue weighted by Gasteiger charge is 2.25. The summed E-state index contributed by atoms with van der Waals surface area (Å²) >= 11 is 1.50. The molecule has 4 rings (SSSR count). The maximum atomic E-state index is 13.5. The van der Waals surface area contributed by atoms with Gasteiger partial charge >= 0.3 is 0 Å². The summed E-state index contributed by atoms with van der Waals surface area (Å²) in [6.45, 7) is 2.46. The van der Waals surface area contributed by atoms with Crippen LogP contribution in [0.25, 0.3) is 0 Å². The number of amides is 2. The molecular weight excluding hydrogens is 578 g/mol. The number of thiazole rings is 1. The number of aliphatic hydroxyl groups is 1. The van der Waals surface area contributed by atoms with Gasteiger partial charge in [0.05, 0.1) is 25.8 Å². The Morgan fingerprint density at radius 2 is 1.70 bits per heavy atom. The van der Waals surface area contributed by atoms with Gasteiger partial charge in [0.2, 0.25) is 11.8 Å². The van der Waals surface area contributed by atoms with Gasteiger partial charge in [0.25, 0.3) is 11.8 Å². The van der Waals surface area contributed by atoms with Gasteiger partial charge in [-0.3, -0.25) is 9.59 Å². The van der Waals surface area contributed by atoms with Crippen LogP contribution in [0, 0.1) is 6.92 Å². The first-order valence-corrected chi connectivity index (χ1v) is 15.0. The van der Waals surface area contributed by atoms with Gasteiger partial charge in [-0.15, -0.1) is 11.3 Å². The van der Waals surface area contributed by atoms with Crippen LogP contribution in [0.3, 0.4) is 0 Å². The summed E-state index contributed by atoms with van der Waals surface area (Å²) in [4.78, 5) is 45.2. The molecule has 0 aliphatic heterocycles. The average molecular weight is 618 g/mol. The van der Waals surface area contributed by atoms with E-state index < -0.39 is 12.1 Å². The zero-order valence-electron chi connectivity index (χ0n) is 25.9. The number of benzene rings is 2. The van der Waals surface area contributed by atoms with E-state index in [2.05, 4.69) is 20.3 Å². The third-order valence-corrected chi connectivity index (χ3v) is 7.93. The normalized spacial score (nSPS) is 12.2. The van der Waals surface area contributed by atoms with Crippen LogP contribution in [0.5, 0.6) is 5.88 Å². The number of likely N-dealkylation sites (N-methyl/N-ethyl adjacent to an activating group) is 1. The second-order valence-electron chi connectivity index (χ2n) is 10.8. The van der Waals surface area contributed by atoms with Gasteiger partial charge in [-0.2, -0.15) is 9.97 Å². The second-order valence-corrected chi connectivity index (χ2v) is 11.7. The molecule has 2 aromatic heterocycles. The van der Waals surface area contributed by atoms with Crippen molar-refractivity contribution >= 4 is 34.9 Å². The highest BCUT2D eigenvalue weighted by Crippen LogP contribution is 2.21. The third-order valence-electron chi connectivity index (χ3n) is 6.98. The molecule has 0 unspecified atom stereocenters. The first-order valence-electron chi connectivity index (χ1n) is 14.1. The maximum absolute atomic E-state index is 13.5. The zero-order valence-corrected chi connectivity index (χ0v) is 26.7. The molecule has 232 valence electrons. The van der Waals surface area contributed by atoms with Gasteiger partial charge in [0.15, 0.2) is 0 Å². The number of ether oxygens (including phenoxy) is 1. The summed E-state index contributed by atoms with van der Waals surface area (Å²) in [5, 5.41) is 17.3. The quantitative estimate of drug-likeness (QED) is 0.232. The lowest BCUT2D eigenvalue weighted by atomic mass is 10.00. The van der Waals surface area contributed by atoms with Crippen molar-refractivity contribution in [3.8, 4) is 5.88 Å². The Balaban J connectivity index is 1.51. The summed E-state index contributed by atoms with van der Waals surface area (Å²) in [5.74, 6) is 0.826. The van der Waals surface area contributed by atoms with E-state index in [1.54, 1.807) is 52.1 Å². The monoisotopic (exact) mass is 617 g/mol. The van der Waals surface area contributed by atoms with E-state index in [1.807, 2.05) is 63.8 Å². The number of carbonyl (C=O) groups is 2. The predicted octanol–water partition coefficient (Wildman–Crippen LogP) is 3.43. The highest BCUT2D eigenvalue weighted by atomic mass is 32.1. The summed E-state index contributed by atoms with van der Waals surface area (Å²) in [6.07, 6.45) is -0.572. The van der Waals surface area contributed by atoms with Gasteiger partial charge in [-0.1, -0.05) is 36.4 Å². The number of nitrogens with zero attached hydrogens (tertiary/aromatic N) is 6. The number of aryl methyl sites for hydroxylation is 1. The maximum Gasteiger partial charge on any atom is 0.253 e. The number of methoxy groups -OCH3 is 1. The van der Waals surface area contributed by atoms with Crippen molar-refractivity contribution < 1.29 is 19.4 Å². The highest BCUT2D eigenvalue weighted by molar-refractivity contribution is 7.09. The molecule has 0 spiro atoms. The van der Waals surface area contributed by atoms with Crippen molar-refractivity contribution in [2.75, 3.05) is 51.6 Å². The molecule has 0 aliphatic rings. The van der Waals surface area contributed by atoms with Gasteiger partial charge in [0, 0.05) is 63.0 Å². The third kappa shape index (κ3) is 8.51. The molecule has 2 heterocycles. The number of hydrogen-bond acceptors (Lipinski definition) is 10. The summed E-state index contributed by atoms with van der Waals surface area (Å²) in [7, 11) is 8.73. The van der Waals surface area contributed by atoms with Crippen molar-refractivity contribution in [1.82, 2.24) is 25.2 Å². The van der Waals surface area contributed by atoms with Crippen LogP contribution < -0.4 is 19.9 Å². The lowest BCUT2D eigenvalue weighted by molar-refractivity contribution is 0.0784. The lowest BCUT2D eigenvalue weighted by Crippen LogP contribution is -2.49. The van der Waals surface area contributed by atoms with Gasteiger partial charge < -0.3 is 29.9 Å². The van der Waals surface area contributed by atoms with E-state index >= 15 is 0 Å². The molecule has 4 aromatic rings. The van der Waals surface area contributed by atoms with Crippen molar-refractivity contribution in [3.63, 3.8) is 0 Å². The molecule has 0 bridgehead atoms. The minimum Gasteiger partial charge on any atom is -0.481 e. The van der Waals surface area contributed by atoms with Crippen LogP contribution in [0.1, 0.15) is 37.0 Å². The lowest BCUT2D eigenvalue weighted by Gasteiger charge is -2.29. The number of aromatic nitrogens is 3. The van der Waals surface area contributed by atoms with Crippen molar-refractivity contribution in [2.45, 2.75) is 32.0 Å². The molecule has 0 aliphatic carbocycles. The van der Waals surface area contributed by atoms with Crippen molar-refractivity contribution in [3.05, 3.63) is 93.4 Å². The standard InChI is InChI=1S/C32H39N7O4S/c1-21-20-44-29(33-21)19-39(5)31(42)24-14-10-13-23(16-24)30(41)34-25(15-22-11-8-7-9-12-22)26(40)18-38(4)27-17-28(43-6)36-32(35-27)37(2)3/h7-14,16-17,20,25-26,40H,15,18-19H2,1-6H3,(H,34,41)/t25-,26+/m0/s1. The van der Waals surface area contributed by atoms with Crippen LogP contribution >= 0.6 is 11.3 Å². The fourth-order valence-corrected chi connectivity index (χ4v) is 5.39. The Labute approximate surface area is 262 Å². The molecule has 0 fully saturated rings. The van der Waals surface area contributed by atoms with E-state index in [4.69, 9.17) is 4.74 Å². The zero-order chi connectivity index (χ0) is 31.8. The van der Waals surface area contributed by atoms with Crippen molar-refractivity contribution in [2.24, 2.45) is 0 Å². The molecule has 2 atom stereocenters. The van der Waals surface area contributed by atoms with E-state index in [1.165, 1.54) is 18.4 Å². The molecule has 2 amide bonds. The number of hydrogen-bond donors (Lipinski definition) is 2. The van der Waals surface area contributed by atoms with Crippen LogP contribution in [0.2, 0.25) is 0 Å². The van der Waals surface area contributed by atoms with E-state index in [0.717, 1.165) is 16.3 Å². The van der Waals surface area contributed by atoms with Crippen LogP contribution in [-0.2, 0) is 13.0 Å².